The highest BCUT2D eigenvalue weighted by Crippen LogP contribution is 2.66. The Morgan fingerprint density at radius 1 is 0.659 bits per heavy atom. The molecule has 0 amide bonds. The first kappa shape index (κ1) is 27.6. The van der Waals surface area contributed by atoms with Gasteiger partial charge in [-0.05, 0) is 49.7 Å². The van der Waals surface area contributed by atoms with Gasteiger partial charge in [0.25, 0.3) is 0 Å². The second-order valence-corrected chi connectivity index (χ2v) is 11.9. The number of benzene rings is 4. The van der Waals surface area contributed by atoms with Crippen molar-refractivity contribution in [3.05, 3.63) is 82.4 Å². The lowest BCUT2D eigenvalue weighted by Crippen LogP contribution is -2.65. The minimum absolute atomic E-state index is 0.0249. The van der Waals surface area contributed by atoms with Gasteiger partial charge in [-0.2, -0.15) is 0 Å². The van der Waals surface area contributed by atoms with Gasteiger partial charge in [0.2, 0.25) is 0 Å². The van der Waals surface area contributed by atoms with Gasteiger partial charge in [-0.1, -0.05) is 6.07 Å². The molecule has 3 aliphatic heterocycles. The first-order chi connectivity index (χ1) is 20.6. The standard InChI is InChI=1S/C32H28O12/c1-30(40)12-16-19(36)11-24-26(28(16)42-29(30)13-3-5-17(34)20(37)7-13)27-25-22(39)9-15(33)10-23(25)43-32(44-24,31(27,2)41)14-4-6-18(35)21(38)8-14/h3-11,27,29,33-41H,12H2,1-2H3/t27?,29-,30-,31-,32+/m1/s1. The van der Waals surface area contributed by atoms with Crippen molar-refractivity contribution in [1.29, 1.82) is 0 Å². The highest BCUT2D eigenvalue weighted by molar-refractivity contribution is 5.69. The zero-order chi connectivity index (χ0) is 31.5. The first-order valence-corrected chi connectivity index (χ1v) is 13.6. The zero-order valence-electron chi connectivity index (χ0n) is 23.3. The molecule has 44 heavy (non-hydrogen) atoms. The van der Waals surface area contributed by atoms with Gasteiger partial charge in [0.15, 0.2) is 34.7 Å². The van der Waals surface area contributed by atoms with Gasteiger partial charge in [0.05, 0.1) is 5.92 Å². The van der Waals surface area contributed by atoms with Gasteiger partial charge in [0.1, 0.15) is 40.1 Å². The molecule has 12 nitrogen and oxygen atoms in total. The van der Waals surface area contributed by atoms with Crippen LogP contribution in [0.3, 0.4) is 0 Å². The number of aliphatic hydroxyl groups is 2. The van der Waals surface area contributed by atoms with Gasteiger partial charge in [0, 0.05) is 46.9 Å². The highest BCUT2D eigenvalue weighted by atomic mass is 16.7. The molecule has 9 N–H and O–H groups in total. The monoisotopic (exact) mass is 604 g/mol. The van der Waals surface area contributed by atoms with Gasteiger partial charge in [-0.15, -0.1) is 0 Å². The van der Waals surface area contributed by atoms with Crippen molar-refractivity contribution in [2.24, 2.45) is 0 Å². The largest absolute Gasteiger partial charge is 0.508 e. The van der Waals surface area contributed by atoms with Crippen LogP contribution in [0.15, 0.2) is 54.6 Å². The van der Waals surface area contributed by atoms with E-state index in [-0.39, 0.29) is 63.2 Å². The fourth-order valence-electron chi connectivity index (χ4n) is 6.71. The SMILES string of the molecule is C[C@@]1(O)Cc2c(O)cc3c(c2O[C@@H]1c1ccc(O)c(O)c1)C1c2c(O)cc(O)cc2O[C@@](c2ccc(O)c(O)c2)(O3)[C@]1(C)O. The minimum Gasteiger partial charge on any atom is -0.508 e. The van der Waals surface area contributed by atoms with Crippen LogP contribution < -0.4 is 14.2 Å². The summed E-state index contributed by atoms with van der Waals surface area (Å²) >= 11 is 0. The Bertz CT molecular complexity index is 1880. The molecule has 12 heteroatoms. The van der Waals surface area contributed by atoms with E-state index in [1.807, 2.05) is 0 Å². The number of aromatic hydroxyl groups is 7. The second-order valence-electron chi connectivity index (χ2n) is 11.9. The van der Waals surface area contributed by atoms with Crippen molar-refractivity contribution in [2.45, 2.75) is 49.3 Å². The maximum atomic E-state index is 12.4. The summed E-state index contributed by atoms with van der Waals surface area (Å²) in [4.78, 5) is 0. The molecular weight excluding hydrogens is 576 g/mol. The minimum atomic E-state index is -2.16. The average Bonchev–Trinajstić information content (AvgIpc) is 2.92. The third kappa shape index (κ3) is 3.58. The fraction of sp³-hybridized carbons (Fsp3) is 0.250. The van der Waals surface area contributed by atoms with Crippen LogP contribution in [-0.4, -0.2) is 57.2 Å². The van der Waals surface area contributed by atoms with E-state index in [9.17, 15) is 46.0 Å². The lowest BCUT2D eigenvalue weighted by Gasteiger charge is -2.56. The molecular formula is C32H28O12. The summed E-state index contributed by atoms with van der Waals surface area (Å²) in [5, 5.41) is 96.9. The van der Waals surface area contributed by atoms with Crippen molar-refractivity contribution < 1.29 is 60.2 Å². The fourth-order valence-corrected chi connectivity index (χ4v) is 6.71. The molecule has 1 unspecified atom stereocenters. The molecule has 4 aromatic carbocycles. The van der Waals surface area contributed by atoms with Gasteiger partial charge in [-0.25, -0.2) is 0 Å². The summed E-state index contributed by atoms with van der Waals surface area (Å²) in [6.45, 7) is 2.87. The summed E-state index contributed by atoms with van der Waals surface area (Å²) in [7, 11) is 0. The Labute approximate surface area is 249 Å². The molecule has 7 rings (SSSR count). The zero-order valence-corrected chi connectivity index (χ0v) is 23.3. The van der Waals surface area contributed by atoms with E-state index < -0.39 is 52.0 Å². The van der Waals surface area contributed by atoms with Crippen molar-refractivity contribution in [1.82, 2.24) is 0 Å². The van der Waals surface area contributed by atoms with E-state index in [0.717, 1.165) is 12.1 Å². The number of hydrogen-bond acceptors (Lipinski definition) is 12. The van der Waals surface area contributed by atoms with Gasteiger partial charge >= 0.3 is 5.79 Å². The molecule has 0 radical (unpaired) electrons. The lowest BCUT2D eigenvalue weighted by atomic mass is 9.66. The summed E-state index contributed by atoms with van der Waals surface area (Å²) < 4.78 is 19.0. The lowest BCUT2D eigenvalue weighted by molar-refractivity contribution is -0.268. The van der Waals surface area contributed by atoms with Crippen molar-refractivity contribution >= 4 is 0 Å². The number of rotatable bonds is 2. The maximum Gasteiger partial charge on any atom is 0.307 e. The van der Waals surface area contributed by atoms with Crippen LogP contribution in [0.4, 0.5) is 0 Å². The van der Waals surface area contributed by atoms with E-state index in [2.05, 4.69) is 0 Å². The Morgan fingerprint density at radius 3 is 1.95 bits per heavy atom. The second kappa shape index (κ2) is 8.68. The van der Waals surface area contributed by atoms with Crippen LogP contribution in [-0.2, 0) is 12.2 Å². The molecule has 228 valence electrons. The summed E-state index contributed by atoms with van der Waals surface area (Å²) in [5.74, 6) is -6.35. The van der Waals surface area contributed by atoms with Crippen LogP contribution in [0, 0.1) is 0 Å². The van der Waals surface area contributed by atoms with Crippen molar-refractivity contribution in [3.63, 3.8) is 0 Å². The topological polar surface area (TPSA) is 210 Å². The number of hydrogen-bond donors (Lipinski definition) is 9. The van der Waals surface area contributed by atoms with Crippen LogP contribution >= 0.6 is 0 Å². The Morgan fingerprint density at radius 2 is 1.30 bits per heavy atom. The van der Waals surface area contributed by atoms with Crippen molar-refractivity contribution in [3.8, 4) is 57.5 Å². The quantitative estimate of drug-likeness (QED) is 0.150. The predicted octanol–water partition coefficient (Wildman–Crippen LogP) is 3.57. The molecule has 0 saturated carbocycles. The van der Waals surface area contributed by atoms with Crippen LogP contribution in [0.25, 0.3) is 0 Å². The van der Waals surface area contributed by atoms with Crippen LogP contribution in [0.5, 0.6) is 57.5 Å². The smallest absolute Gasteiger partial charge is 0.307 e. The number of phenolic OH excluding ortho intramolecular Hbond substituents is 7. The third-order valence-electron chi connectivity index (χ3n) is 8.77. The molecule has 0 spiro atoms. The molecule has 0 aromatic heterocycles. The van der Waals surface area contributed by atoms with E-state index in [1.54, 1.807) is 0 Å². The van der Waals surface area contributed by atoms with E-state index in [1.165, 1.54) is 56.3 Å². The van der Waals surface area contributed by atoms with E-state index in [0.29, 0.717) is 5.56 Å². The van der Waals surface area contributed by atoms with Gasteiger partial charge < -0.3 is 60.2 Å². The summed E-state index contributed by atoms with van der Waals surface area (Å²) in [6, 6.07) is 11.2. The molecule has 3 heterocycles. The molecule has 0 fully saturated rings. The highest BCUT2D eigenvalue weighted by Gasteiger charge is 2.67. The van der Waals surface area contributed by atoms with E-state index >= 15 is 0 Å². The average molecular weight is 605 g/mol. The van der Waals surface area contributed by atoms with Crippen molar-refractivity contribution in [2.75, 3.05) is 0 Å². The molecule has 5 atom stereocenters. The molecule has 4 aromatic rings. The molecule has 0 saturated heterocycles. The van der Waals surface area contributed by atoms with Crippen LogP contribution in [0.1, 0.15) is 53.7 Å². The number of fused-ring (bicyclic) bond motifs is 8. The molecule has 0 aliphatic carbocycles. The maximum absolute atomic E-state index is 12.4. The summed E-state index contributed by atoms with van der Waals surface area (Å²) in [5.41, 5.74) is -2.97. The Balaban J connectivity index is 1.52. The number of ether oxygens (including phenoxy) is 3. The summed E-state index contributed by atoms with van der Waals surface area (Å²) in [6.07, 6.45) is -1.30. The normalized spacial score (nSPS) is 28.0. The van der Waals surface area contributed by atoms with Gasteiger partial charge in [-0.3, -0.25) is 0 Å². The first-order valence-electron chi connectivity index (χ1n) is 13.6. The predicted molar refractivity (Wildman–Crippen MR) is 151 cm³/mol. The molecule has 3 aliphatic rings. The number of phenols is 7. The Kier molecular flexibility index (Phi) is 5.45. The van der Waals surface area contributed by atoms with E-state index in [4.69, 9.17) is 14.2 Å². The van der Waals surface area contributed by atoms with Crippen LogP contribution in [0.2, 0.25) is 0 Å². The third-order valence-corrected chi connectivity index (χ3v) is 8.77. The molecule has 2 bridgehead atoms. The Hall–Kier alpha value is -5.20.